The van der Waals surface area contributed by atoms with Gasteiger partial charge < -0.3 is 10.6 Å². The lowest BCUT2D eigenvalue weighted by Gasteiger charge is -2.28. The molecule has 1 amide bonds. The summed E-state index contributed by atoms with van der Waals surface area (Å²) in [5, 5.41) is 5.28. The van der Waals surface area contributed by atoms with Crippen molar-refractivity contribution in [3.05, 3.63) is 29.6 Å². The van der Waals surface area contributed by atoms with Gasteiger partial charge in [0.1, 0.15) is 5.82 Å². The van der Waals surface area contributed by atoms with Crippen LogP contribution < -0.4 is 10.6 Å². The lowest BCUT2D eigenvalue weighted by Crippen LogP contribution is -2.46. The van der Waals surface area contributed by atoms with Gasteiger partial charge in [-0.15, -0.1) is 0 Å². The molecule has 0 spiro atoms. The molecule has 3 nitrogen and oxygen atoms in total. The van der Waals surface area contributed by atoms with Gasteiger partial charge in [0, 0.05) is 12.1 Å². The summed E-state index contributed by atoms with van der Waals surface area (Å²) in [6, 6.07) is 0.757. The van der Waals surface area contributed by atoms with E-state index in [1.54, 1.807) is 0 Å². The standard InChI is InChI=1S/C14H17F3N2O/c1-2-8-3-4-18-12(5-8)14(20)19-11-7-9(15)6-10(16)13(11)17/h6-8,12,18H,2-5H2,1H3,(H,19,20). The van der Waals surface area contributed by atoms with Gasteiger partial charge in [-0.2, -0.15) is 0 Å². The highest BCUT2D eigenvalue weighted by molar-refractivity contribution is 5.95. The molecule has 110 valence electrons. The summed E-state index contributed by atoms with van der Waals surface area (Å²) in [5.41, 5.74) is -0.465. The van der Waals surface area contributed by atoms with Crippen LogP contribution in [-0.4, -0.2) is 18.5 Å². The zero-order valence-corrected chi connectivity index (χ0v) is 11.2. The van der Waals surface area contributed by atoms with Crippen molar-refractivity contribution in [2.45, 2.75) is 32.2 Å². The second-order valence-corrected chi connectivity index (χ2v) is 5.04. The van der Waals surface area contributed by atoms with Gasteiger partial charge in [-0.05, 0) is 25.3 Å². The number of carbonyl (C=O) groups excluding carboxylic acids is 1. The SMILES string of the molecule is CCC1CCNC(C(=O)Nc2cc(F)cc(F)c2F)C1. The first-order valence-electron chi connectivity index (χ1n) is 6.70. The Kier molecular flexibility index (Phi) is 4.65. The van der Waals surface area contributed by atoms with E-state index in [-0.39, 0.29) is 0 Å². The molecule has 0 radical (unpaired) electrons. The number of carbonyl (C=O) groups is 1. The Morgan fingerprint density at radius 1 is 1.40 bits per heavy atom. The number of anilines is 1. The van der Waals surface area contributed by atoms with Crippen molar-refractivity contribution in [3.8, 4) is 0 Å². The molecule has 2 rings (SSSR count). The maximum atomic E-state index is 13.5. The van der Waals surface area contributed by atoms with Gasteiger partial charge in [0.2, 0.25) is 5.91 Å². The molecule has 1 heterocycles. The Morgan fingerprint density at radius 2 is 2.15 bits per heavy atom. The minimum Gasteiger partial charge on any atom is -0.322 e. The van der Waals surface area contributed by atoms with E-state index < -0.39 is 35.1 Å². The number of rotatable bonds is 3. The third-order valence-corrected chi connectivity index (χ3v) is 3.66. The number of halogens is 3. The van der Waals surface area contributed by atoms with Crippen molar-refractivity contribution >= 4 is 11.6 Å². The predicted octanol–water partition coefficient (Wildman–Crippen LogP) is 2.82. The molecule has 0 aromatic heterocycles. The zero-order chi connectivity index (χ0) is 14.7. The topological polar surface area (TPSA) is 41.1 Å². The lowest BCUT2D eigenvalue weighted by atomic mass is 9.90. The van der Waals surface area contributed by atoms with Gasteiger partial charge in [-0.1, -0.05) is 13.3 Å². The maximum absolute atomic E-state index is 13.5. The van der Waals surface area contributed by atoms with Crippen LogP contribution in [0.5, 0.6) is 0 Å². The quantitative estimate of drug-likeness (QED) is 0.839. The molecular formula is C14H17F3N2O. The van der Waals surface area contributed by atoms with Crippen LogP contribution in [0.1, 0.15) is 26.2 Å². The molecule has 1 aliphatic heterocycles. The van der Waals surface area contributed by atoms with Gasteiger partial charge in [0.05, 0.1) is 11.7 Å². The summed E-state index contributed by atoms with van der Waals surface area (Å²) < 4.78 is 39.6. The maximum Gasteiger partial charge on any atom is 0.241 e. The molecule has 1 saturated heterocycles. The first-order chi connectivity index (χ1) is 9.51. The Bertz CT molecular complexity index is 507. The van der Waals surface area contributed by atoms with Gasteiger partial charge in [0.25, 0.3) is 0 Å². The number of amides is 1. The molecule has 20 heavy (non-hydrogen) atoms. The summed E-state index contributed by atoms with van der Waals surface area (Å²) in [6.07, 6.45) is 2.60. The Labute approximate surface area is 115 Å². The third-order valence-electron chi connectivity index (χ3n) is 3.66. The van der Waals surface area contributed by atoms with Crippen LogP contribution in [0.2, 0.25) is 0 Å². The van der Waals surface area contributed by atoms with Crippen LogP contribution in [0, 0.1) is 23.4 Å². The minimum absolute atomic E-state index is 0.432. The lowest BCUT2D eigenvalue weighted by molar-refractivity contribution is -0.119. The molecule has 0 aliphatic carbocycles. The zero-order valence-electron chi connectivity index (χ0n) is 11.2. The fourth-order valence-electron chi connectivity index (χ4n) is 2.43. The Morgan fingerprint density at radius 3 is 2.85 bits per heavy atom. The summed E-state index contributed by atoms with van der Waals surface area (Å²) >= 11 is 0. The fourth-order valence-corrected chi connectivity index (χ4v) is 2.43. The van der Waals surface area contributed by atoms with Crippen molar-refractivity contribution in [2.75, 3.05) is 11.9 Å². The van der Waals surface area contributed by atoms with E-state index in [0.717, 1.165) is 18.9 Å². The van der Waals surface area contributed by atoms with Gasteiger partial charge in [-0.25, -0.2) is 13.2 Å². The molecule has 1 aliphatic rings. The van der Waals surface area contributed by atoms with Crippen LogP contribution in [-0.2, 0) is 4.79 Å². The summed E-state index contributed by atoms with van der Waals surface area (Å²) in [6.45, 7) is 2.75. The largest absolute Gasteiger partial charge is 0.322 e. The summed E-state index contributed by atoms with van der Waals surface area (Å²) in [4.78, 5) is 12.0. The second-order valence-electron chi connectivity index (χ2n) is 5.04. The Hall–Kier alpha value is -1.56. The highest BCUT2D eigenvalue weighted by Crippen LogP contribution is 2.22. The average molecular weight is 286 g/mol. The van der Waals surface area contributed by atoms with Crippen molar-refractivity contribution < 1.29 is 18.0 Å². The van der Waals surface area contributed by atoms with Crippen LogP contribution in [0.25, 0.3) is 0 Å². The monoisotopic (exact) mass is 286 g/mol. The van der Waals surface area contributed by atoms with E-state index >= 15 is 0 Å². The molecule has 2 unspecified atom stereocenters. The van der Waals surface area contributed by atoms with Gasteiger partial charge >= 0.3 is 0 Å². The molecule has 1 aromatic carbocycles. The molecule has 1 fully saturated rings. The molecule has 2 N–H and O–H groups in total. The minimum atomic E-state index is -1.32. The highest BCUT2D eigenvalue weighted by atomic mass is 19.2. The van der Waals surface area contributed by atoms with E-state index in [9.17, 15) is 18.0 Å². The average Bonchev–Trinajstić information content (AvgIpc) is 2.44. The van der Waals surface area contributed by atoms with Crippen molar-refractivity contribution in [2.24, 2.45) is 5.92 Å². The smallest absolute Gasteiger partial charge is 0.241 e. The first-order valence-corrected chi connectivity index (χ1v) is 6.70. The molecule has 0 saturated carbocycles. The van der Waals surface area contributed by atoms with Crippen LogP contribution in [0.15, 0.2) is 12.1 Å². The van der Waals surface area contributed by atoms with Crippen molar-refractivity contribution in [3.63, 3.8) is 0 Å². The van der Waals surface area contributed by atoms with E-state index in [0.29, 0.717) is 24.9 Å². The molecule has 2 atom stereocenters. The molecule has 0 bridgehead atoms. The molecule has 1 aromatic rings. The third kappa shape index (κ3) is 3.30. The molecular weight excluding hydrogens is 269 g/mol. The summed E-state index contributed by atoms with van der Waals surface area (Å²) in [7, 11) is 0. The number of nitrogens with one attached hydrogen (secondary N) is 2. The second kappa shape index (κ2) is 6.26. The summed E-state index contributed by atoms with van der Waals surface area (Å²) in [5.74, 6) is -3.53. The van der Waals surface area contributed by atoms with Gasteiger partial charge in [0.15, 0.2) is 11.6 Å². The normalized spacial score (nSPS) is 22.6. The van der Waals surface area contributed by atoms with Crippen LogP contribution in [0.3, 0.4) is 0 Å². The van der Waals surface area contributed by atoms with Crippen molar-refractivity contribution in [1.29, 1.82) is 0 Å². The number of hydrogen-bond acceptors (Lipinski definition) is 2. The number of benzene rings is 1. The highest BCUT2D eigenvalue weighted by Gasteiger charge is 2.26. The van der Waals surface area contributed by atoms with Gasteiger partial charge in [-0.3, -0.25) is 4.79 Å². The van der Waals surface area contributed by atoms with E-state index in [4.69, 9.17) is 0 Å². The fraction of sp³-hybridized carbons (Fsp3) is 0.500. The number of hydrogen-bond donors (Lipinski definition) is 2. The van der Waals surface area contributed by atoms with E-state index in [1.807, 2.05) is 6.92 Å². The first kappa shape index (κ1) is 14.8. The number of piperidine rings is 1. The van der Waals surface area contributed by atoms with Crippen LogP contribution >= 0.6 is 0 Å². The van der Waals surface area contributed by atoms with E-state index in [2.05, 4.69) is 10.6 Å². The van der Waals surface area contributed by atoms with Crippen LogP contribution in [0.4, 0.5) is 18.9 Å². The van der Waals surface area contributed by atoms with Crippen molar-refractivity contribution in [1.82, 2.24) is 5.32 Å². The van der Waals surface area contributed by atoms with E-state index in [1.165, 1.54) is 0 Å². The molecule has 6 heteroatoms. The Balaban J connectivity index is 2.08. The predicted molar refractivity (Wildman–Crippen MR) is 69.8 cm³/mol.